The van der Waals surface area contributed by atoms with E-state index < -0.39 is 8.60 Å². The molecule has 6 heteroatoms. The molecule has 1 aromatic rings. The lowest BCUT2D eigenvalue weighted by atomic mass is 9.78. The van der Waals surface area contributed by atoms with Crippen LogP contribution in [0.4, 0.5) is 0 Å². The van der Waals surface area contributed by atoms with Crippen molar-refractivity contribution in [2.24, 2.45) is 0 Å². The van der Waals surface area contributed by atoms with Crippen LogP contribution in [0.1, 0.15) is 139 Å². The molecule has 0 saturated carbocycles. The monoisotopic (exact) mass is 562 g/mol. The molecule has 39 heavy (non-hydrogen) atoms. The van der Waals surface area contributed by atoms with Crippen molar-refractivity contribution >= 4 is 8.60 Å². The van der Waals surface area contributed by atoms with Crippen molar-refractivity contribution in [1.82, 2.24) is 10.6 Å². The molecule has 5 nitrogen and oxygen atoms in total. The largest absolute Gasteiger partial charge is 0.426 e. The second-order valence-electron chi connectivity index (χ2n) is 17.1. The molecule has 2 aliphatic heterocycles. The molecule has 2 saturated heterocycles. The fraction of sp³-hybridized carbons (Fsp3) is 0.818. The van der Waals surface area contributed by atoms with Gasteiger partial charge in [0.25, 0.3) is 0 Å². The van der Waals surface area contributed by atoms with Crippen molar-refractivity contribution in [2.75, 3.05) is 0 Å². The Kier molecular flexibility index (Phi) is 9.12. The molecule has 0 aromatic heterocycles. The Morgan fingerprint density at radius 2 is 0.949 bits per heavy atom. The summed E-state index contributed by atoms with van der Waals surface area (Å²) in [6.45, 7) is 33.9. The Hall–Kier alpha value is -0.710. The topological polar surface area (TPSA) is 51.8 Å². The van der Waals surface area contributed by atoms with Gasteiger partial charge in [-0.15, -0.1) is 0 Å². The lowest BCUT2D eigenvalue weighted by molar-refractivity contribution is 0.0130. The average Bonchev–Trinajstić information content (AvgIpc) is 2.62. The van der Waals surface area contributed by atoms with E-state index in [1.54, 1.807) is 0 Å². The smallest absolute Gasteiger partial charge is 0.397 e. The second kappa shape index (κ2) is 10.8. The predicted molar refractivity (Wildman–Crippen MR) is 167 cm³/mol. The molecule has 0 spiro atoms. The summed E-state index contributed by atoms with van der Waals surface area (Å²) in [6, 6.07) is 4.57. The van der Waals surface area contributed by atoms with Gasteiger partial charge in [-0.05, 0) is 98.8 Å². The number of benzene rings is 1. The van der Waals surface area contributed by atoms with Crippen LogP contribution in [0.15, 0.2) is 12.1 Å². The van der Waals surface area contributed by atoms with E-state index in [4.69, 9.17) is 13.6 Å². The van der Waals surface area contributed by atoms with E-state index in [0.717, 1.165) is 31.4 Å². The average molecular weight is 563 g/mol. The molecule has 0 aliphatic carbocycles. The van der Waals surface area contributed by atoms with Crippen LogP contribution >= 0.6 is 8.60 Å². The molecule has 1 aromatic carbocycles. The van der Waals surface area contributed by atoms with Gasteiger partial charge in [-0.2, -0.15) is 0 Å². The summed E-state index contributed by atoms with van der Waals surface area (Å²) in [4.78, 5) is 0. The first-order valence-corrected chi connectivity index (χ1v) is 16.0. The first-order valence-electron chi connectivity index (χ1n) is 14.9. The zero-order valence-corrected chi connectivity index (χ0v) is 28.7. The summed E-state index contributed by atoms with van der Waals surface area (Å²) >= 11 is 0. The number of hydrogen-bond donors (Lipinski definition) is 2. The Bertz CT molecular complexity index is 910. The van der Waals surface area contributed by atoms with Gasteiger partial charge in [0.1, 0.15) is 5.75 Å². The van der Waals surface area contributed by atoms with Crippen LogP contribution in [0.5, 0.6) is 5.75 Å². The van der Waals surface area contributed by atoms with Gasteiger partial charge in [-0.3, -0.25) is 9.05 Å². The minimum atomic E-state index is -1.64. The van der Waals surface area contributed by atoms with E-state index in [1.165, 1.54) is 16.7 Å². The maximum absolute atomic E-state index is 7.04. The second-order valence-corrected chi connectivity index (χ2v) is 18.1. The summed E-state index contributed by atoms with van der Waals surface area (Å²) in [5, 5.41) is 7.58. The standard InChI is InChI=1S/C33H59N2O3P/c1-22-16-25(28(2,3)4)27(26(17-22)29(5,6)7)38-39(36-23-18-30(8,9)34-31(10,11)19-23)37-24-20-32(12,13)35-33(14,15)21-24/h16-17,23-24,34-35H,18-21H2,1-15H3. The molecule has 2 fully saturated rings. The Balaban J connectivity index is 2.05. The van der Waals surface area contributed by atoms with Crippen molar-refractivity contribution < 1.29 is 13.6 Å². The van der Waals surface area contributed by atoms with Crippen LogP contribution in [-0.2, 0) is 19.9 Å². The molecule has 0 amide bonds. The van der Waals surface area contributed by atoms with Gasteiger partial charge in [0.15, 0.2) is 0 Å². The van der Waals surface area contributed by atoms with E-state index in [9.17, 15) is 0 Å². The SMILES string of the molecule is Cc1cc(C(C)(C)C)c(OP(OC2CC(C)(C)NC(C)(C)C2)OC2CC(C)(C)NC(C)(C)C2)c(C(C)(C)C)c1. The molecular formula is C33H59N2O3P. The molecule has 2 heterocycles. The van der Waals surface area contributed by atoms with Crippen LogP contribution < -0.4 is 15.2 Å². The minimum absolute atomic E-state index is 0.0246. The number of hydrogen-bond acceptors (Lipinski definition) is 5. The quantitative estimate of drug-likeness (QED) is 0.339. The van der Waals surface area contributed by atoms with Crippen LogP contribution in [0, 0.1) is 6.92 Å². The highest BCUT2D eigenvalue weighted by atomic mass is 31.2. The van der Waals surface area contributed by atoms with Crippen LogP contribution in [0.2, 0.25) is 0 Å². The molecule has 0 bridgehead atoms. The lowest BCUT2D eigenvalue weighted by Gasteiger charge is -2.48. The highest BCUT2D eigenvalue weighted by Crippen LogP contribution is 2.52. The summed E-state index contributed by atoms with van der Waals surface area (Å²) in [6.07, 6.45) is 3.75. The van der Waals surface area contributed by atoms with Gasteiger partial charge in [0.05, 0.1) is 12.2 Å². The van der Waals surface area contributed by atoms with E-state index in [-0.39, 0.29) is 45.2 Å². The number of aryl methyl sites for hydroxylation is 1. The van der Waals surface area contributed by atoms with Crippen molar-refractivity contribution in [2.45, 2.75) is 175 Å². The van der Waals surface area contributed by atoms with Gasteiger partial charge in [-0.25, -0.2) is 0 Å². The number of piperidine rings is 2. The fourth-order valence-corrected chi connectivity index (χ4v) is 8.24. The van der Waals surface area contributed by atoms with Gasteiger partial charge in [-0.1, -0.05) is 59.2 Å². The summed E-state index contributed by atoms with van der Waals surface area (Å²) in [5.74, 6) is 0.937. The van der Waals surface area contributed by atoms with Crippen LogP contribution in [0.25, 0.3) is 0 Å². The molecule has 0 radical (unpaired) electrons. The maximum Gasteiger partial charge on any atom is 0.397 e. The van der Waals surface area contributed by atoms with E-state index in [2.05, 4.69) is 127 Å². The molecular weight excluding hydrogens is 503 g/mol. The maximum atomic E-state index is 7.04. The third kappa shape index (κ3) is 9.14. The molecule has 0 atom stereocenters. The summed E-state index contributed by atoms with van der Waals surface area (Å²) in [7, 11) is -1.64. The predicted octanol–water partition coefficient (Wildman–Crippen LogP) is 8.85. The Morgan fingerprint density at radius 1 is 0.641 bits per heavy atom. The molecule has 0 unspecified atom stereocenters. The number of nitrogens with one attached hydrogen (secondary N) is 2. The fourth-order valence-electron chi connectivity index (χ4n) is 6.98. The molecule has 224 valence electrons. The highest BCUT2D eigenvalue weighted by molar-refractivity contribution is 7.42. The van der Waals surface area contributed by atoms with Gasteiger partial charge in [0, 0.05) is 33.3 Å². The van der Waals surface area contributed by atoms with Crippen molar-refractivity contribution in [1.29, 1.82) is 0 Å². The first-order chi connectivity index (χ1) is 17.4. The van der Waals surface area contributed by atoms with Crippen LogP contribution in [-0.4, -0.2) is 34.4 Å². The molecule has 2 N–H and O–H groups in total. The first kappa shape index (κ1) is 32.8. The van der Waals surface area contributed by atoms with Crippen molar-refractivity contribution in [3.05, 3.63) is 28.8 Å². The summed E-state index contributed by atoms with van der Waals surface area (Å²) in [5.41, 5.74) is 3.42. The lowest BCUT2D eigenvalue weighted by Crippen LogP contribution is -2.60. The summed E-state index contributed by atoms with van der Waals surface area (Å²) < 4.78 is 20.9. The van der Waals surface area contributed by atoms with E-state index >= 15 is 0 Å². The van der Waals surface area contributed by atoms with Gasteiger partial charge < -0.3 is 15.2 Å². The van der Waals surface area contributed by atoms with E-state index in [0.29, 0.717) is 0 Å². The number of rotatable bonds is 6. The van der Waals surface area contributed by atoms with Gasteiger partial charge >= 0.3 is 8.60 Å². The zero-order valence-electron chi connectivity index (χ0n) is 27.8. The Labute approximate surface area is 241 Å². The van der Waals surface area contributed by atoms with Crippen molar-refractivity contribution in [3.63, 3.8) is 0 Å². The zero-order chi connectivity index (χ0) is 29.8. The van der Waals surface area contributed by atoms with E-state index in [1.807, 2.05) is 0 Å². The van der Waals surface area contributed by atoms with Crippen LogP contribution in [0.3, 0.4) is 0 Å². The van der Waals surface area contributed by atoms with Gasteiger partial charge in [0.2, 0.25) is 0 Å². The minimum Gasteiger partial charge on any atom is -0.426 e. The third-order valence-electron chi connectivity index (χ3n) is 7.79. The van der Waals surface area contributed by atoms with Crippen molar-refractivity contribution in [3.8, 4) is 5.75 Å². The molecule has 2 aliphatic rings. The third-order valence-corrected chi connectivity index (χ3v) is 9.06. The normalized spacial score (nSPS) is 23.7. The Morgan fingerprint density at radius 3 is 1.23 bits per heavy atom. The molecule has 3 rings (SSSR count). The highest BCUT2D eigenvalue weighted by Gasteiger charge is 2.44.